The van der Waals surface area contributed by atoms with Crippen LogP contribution in [0.5, 0.6) is 0 Å². The second-order valence-electron chi connectivity index (χ2n) is 5.83. The maximum absolute atomic E-state index is 5.65. The van der Waals surface area contributed by atoms with E-state index in [1.807, 2.05) is 36.4 Å². The van der Waals surface area contributed by atoms with Crippen LogP contribution >= 0.6 is 12.2 Å². The zero-order valence-corrected chi connectivity index (χ0v) is 14.0. The van der Waals surface area contributed by atoms with Crippen molar-refractivity contribution in [3.05, 3.63) is 54.5 Å². The molecule has 0 amide bonds. The standard InChI is InChI=1S/C18H23N3OS/c23-18(20-15-8-3-1-4-9-15)19-14-16(17-10-7-13-22-17)21-11-5-2-6-12-21/h1,3-4,7-10,13,16H,2,5-6,11-12,14H2,(H2,19,20,23). The third-order valence-corrected chi connectivity index (χ3v) is 4.44. The lowest BCUT2D eigenvalue weighted by Gasteiger charge is -2.33. The van der Waals surface area contributed by atoms with Crippen molar-refractivity contribution in [3.8, 4) is 0 Å². The summed E-state index contributed by atoms with van der Waals surface area (Å²) in [5, 5.41) is 7.20. The Bertz CT molecular complexity index is 594. The Morgan fingerprint density at radius 1 is 1.09 bits per heavy atom. The first kappa shape index (κ1) is 16.0. The van der Waals surface area contributed by atoms with Crippen molar-refractivity contribution in [2.75, 3.05) is 25.0 Å². The van der Waals surface area contributed by atoms with Gasteiger partial charge in [-0.05, 0) is 62.4 Å². The van der Waals surface area contributed by atoms with Crippen molar-refractivity contribution in [1.29, 1.82) is 0 Å². The van der Waals surface area contributed by atoms with Crippen molar-refractivity contribution in [2.45, 2.75) is 25.3 Å². The molecule has 0 radical (unpaired) electrons. The molecule has 0 spiro atoms. The van der Waals surface area contributed by atoms with Crippen LogP contribution in [0.15, 0.2) is 53.1 Å². The molecule has 2 N–H and O–H groups in total. The molecular weight excluding hydrogens is 306 g/mol. The van der Waals surface area contributed by atoms with Gasteiger partial charge in [0, 0.05) is 12.2 Å². The van der Waals surface area contributed by atoms with E-state index in [1.165, 1.54) is 19.3 Å². The van der Waals surface area contributed by atoms with Crippen LogP contribution in [0.4, 0.5) is 5.69 Å². The quantitative estimate of drug-likeness (QED) is 0.817. The number of para-hydroxylation sites is 1. The minimum absolute atomic E-state index is 0.223. The molecule has 1 aromatic heterocycles. The van der Waals surface area contributed by atoms with Gasteiger partial charge in [-0.25, -0.2) is 0 Å². The summed E-state index contributed by atoms with van der Waals surface area (Å²) in [4.78, 5) is 2.49. The van der Waals surface area contributed by atoms with Crippen molar-refractivity contribution in [2.24, 2.45) is 0 Å². The largest absolute Gasteiger partial charge is 0.468 e. The number of hydrogen-bond donors (Lipinski definition) is 2. The summed E-state index contributed by atoms with van der Waals surface area (Å²) in [7, 11) is 0. The van der Waals surface area contributed by atoms with E-state index in [0.717, 1.165) is 31.1 Å². The highest BCUT2D eigenvalue weighted by molar-refractivity contribution is 7.80. The SMILES string of the molecule is S=C(NCC(c1ccco1)N1CCCCC1)Nc1ccccc1. The zero-order valence-electron chi connectivity index (χ0n) is 13.2. The van der Waals surface area contributed by atoms with E-state index in [4.69, 9.17) is 16.6 Å². The fourth-order valence-corrected chi connectivity index (χ4v) is 3.21. The third-order valence-electron chi connectivity index (χ3n) is 4.19. The second-order valence-corrected chi connectivity index (χ2v) is 6.24. The van der Waals surface area contributed by atoms with Crippen LogP contribution in [0.1, 0.15) is 31.1 Å². The van der Waals surface area contributed by atoms with Gasteiger partial charge in [0.1, 0.15) is 5.76 Å². The van der Waals surface area contributed by atoms with E-state index < -0.39 is 0 Å². The molecule has 1 atom stereocenters. The van der Waals surface area contributed by atoms with Crippen LogP contribution in [0.25, 0.3) is 0 Å². The van der Waals surface area contributed by atoms with E-state index in [-0.39, 0.29) is 6.04 Å². The van der Waals surface area contributed by atoms with Gasteiger partial charge in [0.15, 0.2) is 5.11 Å². The summed E-state index contributed by atoms with van der Waals surface area (Å²) in [5.74, 6) is 1.00. The molecule has 1 aliphatic heterocycles. The van der Waals surface area contributed by atoms with E-state index in [1.54, 1.807) is 6.26 Å². The summed E-state index contributed by atoms with van der Waals surface area (Å²) in [6, 6.07) is 14.2. The van der Waals surface area contributed by atoms with Gasteiger partial charge in [0.25, 0.3) is 0 Å². The maximum Gasteiger partial charge on any atom is 0.170 e. The average Bonchev–Trinajstić information content (AvgIpc) is 3.11. The predicted octanol–water partition coefficient (Wildman–Crippen LogP) is 3.79. The lowest BCUT2D eigenvalue weighted by molar-refractivity contribution is 0.146. The number of hydrogen-bond acceptors (Lipinski definition) is 3. The molecule has 1 aliphatic rings. The van der Waals surface area contributed by atoms with E-state index >= 15 is 0 Å². The Balaban J connectivity index is 1.59. The molecule has 1 aromatic carbocycles. The van der Waals surface area contributed by atoms with Crippen molar-refractivity contribution < 1.29 is 4.42 Å². The molecule has 0 aliphatic carbocycles. The average molecular weight is 329 g/mol. The van der Waals surface area contributed by atoms with Gasteiger partial charge in [-0.2, -0.15) is 0 Å². The molecule has 23 heavy (non-hydrogen) atoms. The van der Waals surface area contributed by atoms with Gasteiger partial charge >= 0.3 is 0 Å². The Labute approximate surface area is 142 Å². The summed E-state index contributed by atoms with van der Waals surface area (Å²) in [5.41, 5.74) is 0.998. The number of nitrogens with one attached hydrogen (secondary N) is 2. The van der Waals surface area contributed by atoms with Gasteiger partial charge in [-0.3, -0.25) is 4.90 Å². The predicted molar refractivity (Wildman–Crippen MR) is 97.5 cm³/mol. The van der Waals surface area contributed by atoms with E-state index in [9.17, 15) is 0 Å². The third kappa shape index (κ3) is 4.56. The zero-order chi connectivity index (χ0) is 15.9. The van der Waals surface area contributed by atoms with Crippen LogP contribution in [0.3, 0.4) is 0 Å². The van der Waals surface area contributed by atoms with Gasteiger partial charge < -0.3 is 15.1 Å². The number of benzene rings is 1. The number of likely N-dealkylation sites (tertiary alicyclic amines) is 1. The van der Waals surface area contributed by atoms with E-state index in [2.05, 4.69) is 21.6 Å². The van der Waals surface area contributed by atoms with Gasteiger partial charge in [0.2, 0.25) is 0 Å². The van der Waals surface area contributed by atoms with Gasteiger partial charge in [-0.1, -0.05) is 24.6 Å². The number of furan rings is 1. The summed E-state index contributed by atoms with van der Waals surface area (Å²) >= 11 is 5.41. The molecule has 4 nitrogen and oxygen atoms in total. The van der Waals surface area contributed by atoms with Crippen LogP contribution in [-0.2, 0) is 0 Å². The number of piperidine rings is 1. The van der Waals surface area contributed by atoms with Gasteiger partial charge in [0.05, 0.1) is 12.3 Å². The first-order valence-electron chi connectivity index (χ1n) is 8.20. The lowest BCUT2D eigenvalue weighted by Crippen LogP contribution is -2.41. The van der Waals surface area contributed by atoms with Crippen molar-refractivity contribution >= 4 is 23.0 Å². The summed E-state index contributed by atoms with van der Waals surface area (Å²) < 4.78 is 5.65. The molecular formula is C18H23N3OS. The Morgan fingerprint density at radius 3 is 2.57 bits per heavy atom. The van der Waals surface area contributed by atoms with Crippen molar-refractivity contribution in [3.63, 3.8) is 0 Å². The molecule has 0 saturated carbocycles. The van der Waals surface area contributed by atoms with Crippen LogP contribution < -0.4 is 10.6 Å². The molecule has 2 aromatic rings. The Hall–Kier alpha value is -1.85. The van der Waals surface area contributed by atoms with Crippen molar-refractivity contribution in [1.82, 2.24) is 10.2 Å². The first-order chi connectivity index (χ1) is 11.3. The highest BCUT2D eigenvalue weighted by Crippen LogP contribution is 2.24. The van der Waals surface area contributed by atoms with Crippen LogP contribution in [0, 0.1) is 0 Å². The normalized spacial score (nSPS) is 16.7. The molecule has 1 fully saturated rings. The number of anilines is 1. The highest BCUT2D eigenvalue weighted by Gasteiger charge is 2.24. The topological polar surface area (TPSA) is 40.4 Å². The molecule has 122 valence electrons. The molecule has 1 unspecified atom stereocenters. The minimum atomic E-state index is 0.223. The minimum Gasteiger partial charge on any atom is -0.468 e. The highest BCUT2D eigenvalue weighted by atomic mass is 32.1. The molecule has 0 bridgehead atoms. The molecule has 1 saturated heterocycles. The number of rotatable bonds is 5. The molecule has 3 rings (SSSR count). The molecule has 2 heterocycles. The monoisotopic (exact) mass is 329 g/mol. The summed E-state index contributed by atoms with van der Waals surface area (Å²) in [6.45, 7) is 2.98. The molecule has 5 heteroatoms. The fraction of sp³-hybridized carbons (Fsp3) is 0.389. The maximum atomic E-state index is 5.65. The Kier molecular flexibility index (Phi) is 5.66. The smallest absolute Gasteiger partial charge is 0.170 e. The Morgan fingerprint density at radius 2 is 1.87 bits per heavy atom. The summed E-state index contributed by atoms with van der Waals surface area (Å²) in [6.07, 6.45) is 5.57. The second kappa shape index (κ2) is 8.13. The fourth-order valence-electron chi connectivity index (χ4n) is 3.01. The van der Waals surface area contributed by atoms with Crippen LogP contribution in [-0.4, -0.2) is 29.6 Å². The van der Waals surface area contributed by atoms with Crippen LogP contribution in [0.2, 0.25) is 0 Å². The number of thiocarbonyl (C=S) groups is 1. The number of nitrogens with zero attached hydrogens (tertiary/aromatic N) is 1. The lowest BCUT2D eigenvalue weighted by atomic mass is 10.1. The van der Waals surface area contributed by atoms with Gasteiger partial charge in [-0.15, -0.1) is 0 Å². The first-order valence-corrected chi connectivity index (χ1v) is 8.61. The van der Waals surface area contributed by atoms with E-state index in [0.29, 0.717) is 5.11 Å².